The third-order valence-corrected chi connectivity index (χ3v) is 4.74. The number of para-hydroxylation sites is 1. The average molecular weight is 385 g/mol. The van der Waals surface area contributed by atoms with Crippen LogP contribution in [0.1, 0.15) is 16.7 Å². The van der Waals surface area contributed by atoms with E-state index in [1.165, 1.54) is 17.5 Å². The molecule has 6 nitrogen and oxygen atoms in total. The van der Waals surface area contributed by atoms with Gasteiger partial charge in [0.15, 0.2) is 0 Å². The second-order valence-corrected chi connectivity index (χ2v) is 6.82. The van der Waals surface area contributed by atoms with Crippen LogP contribution in [0.2, 0.25) is 0 Å². The van der Waals surface area contributed by atoms with E-state index in [9.17, 15) is 0 Å². The molecule has 4 rings (SSSR count). The van der Waals surface area contributed by atoms with Crippen molar-refractivity contribution in [3.63, 3.8) is 0 Å². The summed E-state index contributed by atoms with van der Waals surface area (Å²) >= 11 is 0. The van der Waals surface area contributed by atoms with E-state index in [0.717, 1.165) is 36.6 Å². The SMILES string of the molecule is COc1ccccc1CN(Cc1ccc(-n2cncn2)cc1)Cc1cccnc1. The minimum Gasteiger partial charge on any atom is -0.496 e. The zero-order chi connectivity index (χ0) is 19.9. The standard InChI is InChI=1S/C23H23N5O/c1-29-23-7-3-2-6-21(23)16-27(15-20-5-4-12-24-13-20)14-19-8-10-22(11-9-19)28-18-25-17-26-28/h2-13,17-18H,14-16H2,1H3. The minimum absolute atomic E-state index is 0.781. The number of methoxy groups -OCH3 is 1. The lowest BCUT2D eigenvalue weighted by molar-refractivity contribution is 0.243. The van der Waals surface area contributed by atoms with Crippen LogP contribution >= 0.6 is 0 Å². The fourth-order valence-corrected chi connectivity index (χ4v) is 3.35. The summed E-state index contributed by atoms with van der Waals surface area (Å²) < 4.78 is 7.31. The maximum atomic E-state index is 5.55. The van der Waals surface area contributed by atoms with Crippen LogP contribution in [0, 0.1) is 0 Å². The van der Waals surface area contributed by atoms with Gasteiger partial charge in [-0.15, -0.1) is 0 Å². The molecule has 0 radical (unpaired) electrons. The van der Waals surface area contributed by atoms with Gasteiger partial charge in [0, 0.05) is 37.6 Å². The predicted octanol–water partition coefficient (Wildman–Crippen LogP) is 3.87. The highest BCUT2D eigenvalue weighted by atomic mass is 16.5. The van der Waals surface area contributed by atoms with Gasteiger partial charge in [0.05, 0.1) is 12.8 Å². The Morgan fingerprint density at radius 3 is 2.41 bits per heavy atom. The number of nitrogens with zero attached hydrogens (tertiary/aromatic N) is 5. The molecule has 6 heteroatoms. The van der Waals surface area contributed by atoms with Crippen LogP contribution in [-0.4, -0.2) is 31.8 Å². The van der Waals surface area contributed by atoms with Crippen molar-refractivity contribution in [3.8, 4) is 11.4 Å². The van der Waals surface area contributed by atoms with E-state index in [1.807, 2.05) is 30.5 Å². The summed E-state index contributed by atoms with van der Waals surface area (Å²) in [5.41, 5.74) is 4.57. The second kappa shape index (κ2) is 9.12. The van der Waals surface area contributed by atoms with Crippen molar-refractivity contribution in [3.05, 3.63) is 102 Å². The highest BCUT2D eigenvalue weighted by Gasteiger charge is 2.12. The summed E-state index contributed by atoms with van der Waals surface area (Å²) in [4.78, 5) is 10.7. The molecule has 0 spiro atoms. The molecule has 146 valence electrons. The fraction of sp³-hybridized carbons (Fsp3) is 0.174. The fourth-order valence-electron chi connectivity index (χ4n) is 3.35. The lowest BCUT2D eigenvalue weighted by atomic mass is 10.1. The number of ether oxygens (including phenoxy) is 1. The van der Waals surface area contributed by atoms with Gasteiger partial charge in [0.1, 0.15) is 18.4 Å². The van der Waals surface area contributed by atoms with Crippen LogP contribution in [0.25, 0.3) is 5.69 Å². The molecule has 0 saturated heterocycles. The van der Waals surface area contributed by atoms with Gasteiger partial charge in [-0.25, -0.2) is 9.67 Å². The Labute approximate surface area is 170 Å². The predicted molar refractivity (Wildman–Crippen MR) is 112 cm³/mol. The topological polar surface area (TPSA) is 56.1 Å². The highest BCUT2D eigenvalue weighted by molar-refractivity contribution is 5.35. The molecule has 0 amide bonds. The molecule has 29 heavy (non-hydrogen) atoms. The van der Waals surface area contributed by atoms with Crippen molar-refractivity contribution in [2.75, 3.05) is 7.11 Å². The highest BCUT2D eigenvalue weighted by Crippen LogP contribution is 2.22. The number of hydrogen-bond donors (Lipinski definition) is 0. The van der Waals surface area contributed by atoms with Crippen LogP contribution in [0.15, 0.2) is 85.7 Å². The van der Waals surface area contributed by atoms with Gasteiger partial charge in [-0.1, -0.05) is 36.4 Å². The Morgan fingerprint density at radius 2 is 1.69 bits per heavy atom. The van der Waals surface area contributed by atoms with Gasteiger partial charge >= 0.3 is 0 Å². The molecule has 2 aromatic heterocycles. The first-order valence-electron chi connectivity index (χ1n) is 9.49. The second-order valence-electron chi connectivity index (χ2n) is 6.82. The molecular weight excluding hydrogens is 362 g/mol. The van der Waals surface area contributed by atoms with E-state index in [2.05, 4.69) is 56.4 Å². The first-order valence-corrected chi connectivity index (χ1v) is 9.49. The Kier molecular flexibility index (Phi) is 5.92. The quantitative estimate of drug-likeness (QED) is 0.461. The Balaban J connectivity index is 1.54. The molecule has 2 aromatic carbocycles. The Morgan fingerprint density at radius 1 is 0.862 bits per heavy atom. The van der Waals surface area contributed by atoms with Crippen molar-refractivity contribution >= 4 is 0 Å². The third-order valence-electron chi connectivity index (χ3n) is 4.74. The summed E-state index contributed by atoms with van der Waals surface area (Å²) in [6.45, 7) is 2.39. The van der Waals surface area contributed by atoms with Gasteiger partial charge < -0.3 is 4.74 Å². The summed E-state index contributed by atoms with van der Waals surface area (Å²) in [6.07, 6.45) is 6.96. The summed E-state index contributed by atoms with van der Waals surface area (Å²) in [6, 6.07) is 20.6. The van der Waals surface area contributed by atoms with Gasteiger partial charge in [-0.2, -0.15) is 5.10 Å². The molecule has 4 aromatic rings. The number of benzene rings is 2. The smallest absolute Gasteiger partial charge is 0.138 e. The van der Waals surface area contributed by atoms with E-state index >= 15 is 0 Å². The average Bonchev–Trinajstić information content (AvgIpc) is 3.30. The van der Waals surface area contributed by atoms with Crippen LogP contribution in [0.3, 0.4) is 0 Å². The Hall–Kier alpha value is -3.51. The number of pyridine rings is 1. The molecule has 0 aliphatic carbocycles. The van der Waals surface area contributed by atoms with E-state index in [4.69, 9.17) is 4.74 Å². The summed E-state index contributed by atoms with van der Waals surface area (Å²) in [5, 5.41) is 4.18. The lowest BCUT2D eigenvalue weighted by Gasteiger charge is -2.23. The van der Waals surface area contributed by atoms with Gasteiger partial charge in [0.25, 0.3) is 0 Å². The molecule has 0 saturated carbocycles. The number of rotatable bonds is 8. The largest absolute Gasteiger partial charge is 0.496 e. The minimum atomic E-state index is 0.781. The molecule has 2 heterocycles. The third kappa shape index (κ3) is 4.86. The van der Waals surface area contributed by atoms with E-state index in [-0.39, 0.29) is 0 Å². The van der Waals surface area contributed by atoms with E-state index < -0.39 is 0 Å². The first kappa shape index (κ1) is 18.8. The van der Waals surface area contributed by atoms with Crippen LogP contribution in [0.4, 0.5) is 0 Å². The van der Waals surface area contributed by atoms with Crippen LogP contribution < -0.4 is 4.74 Å². The lowest BCUT2D eigenvalue weighted by Crippen LogP contribution is -2.22. The van der Waals surface area contributed by atoms with Crippen molar-refractivity contribution in [2.24, 2.45) is 0 Å². The van der Waals surface area contributed by atoms with Crippen LogP contribution in [0.5, 0.6) is 5.75 Å². The van der Waals surface area contributed by atoms with Crippen molar-refractivity contribution in [1.82, 2.24) is 24.6 Å². The molecule has 0 aliphatic rings. The molecule has 0 atom stereocenters. The van der Waals surface area contributed by atoms with Crippen molar-refractivity contribution in [2.45, 2.75) is 19.6 Å². The van der Waals surface area contributed by atoms with Crippen molar-refractivity contribution in [1.29, 1.82) is 0 Å². The number of aromatic nitrogens is 4. The zero-order valence-corrected chi connectivity index (χ0v) is 16.3. The normalized spacial score (nSPS) is 11.0. The van der Waals surface area contributed by atoms with Gasteiger partial charge in [-0.05, 0) is 35.4 Å². The van der Waals surface area contributed by atoms with Gasteiger partial charge in [-0.3, -0.25) is 9.88 Å². The van der Waals surface area contributed by atoms with Gasteiger partial charge in [0.2, 0.25) is 0 Å². The molecule has 0 unspecified atom stereocenters. The Bertz CT molecular complexity index is 1020. The molecule has 0 bridgehead atoms. The zero-order valence-electron chi connectivity index (χ0n) is 16.3. The van der Waals surface area contributed by atoms with E-state index in [0.29, 0.717) is 0 Å². The maximum Gasteiger partial charge on any atom is 0.138 e. The summed E-state index contributed by atoms with van der Waals surface area (Å²) in [5.74, 6) is 0.908. The summed E-state index contributed by atoms with van der Waals surface area (Å²) in [7, 11) is 1.72. The van der Waals surface area contributed by atoms with E-state index in [1.54, 1.807) is 24.3 Å². The molecular formula is C23H23N5O. The molecule has 0 N–H and O–H groups in total. The van der Waals surface area contributed by atoms with Crippen LogP contribution in [-0.2, 0) is 19.6 Å². The van der Waals surface area contributed by atoms with Crippen molar-refractivity contribution < 1.29 is 4.74 Å². The molecule has 0 fully saturated rings. The molecule has 0 aliphatic heterocycles. The number of hydrogen-bond acceptors (Lipinski definition) is 5. The maximum absolute atomic E-state index is 5.55. The first-order chi connectivity index (χ1) is 14.3. The monoisotopic (exact) mass is 385 g/mol.